The molecule has 14 heavy (non-hydrogen) atoms. The Morgan fingerprint density at radius 1 is 0.786 bits per heavy atom. The summed E-state index contributed by atoms with van der Waals surface area (Å²) in [7, 11) is 0. The molecule has 0 aliphatic heterocycles. The Balaban J connectivity index is 2.58. The normalized spacial score (nSPS) is 11.0. The van der Waals surface area contributed by atoms with Crippen molar-refractivity contribution in [3.05, 3.63) is 48.9 Å². The molecule has 2 nitrogen and oxygen atoms in total. The summed E-state index contributed by atoms with van der Waals surface area (Å²) in [6.45, 7) is 3.81. The molecule has 0 saturated heterocycles. The van der Waals surface area contributed by atoms with Crippen molar-refractivity contribution >= 4 is 0 Å². The van der Waals surface area contributed by atoms with Gasteiger partial charge in [-0.3, -0.25) is 0 Å². The zero-order chi connectivity index (χ0) is 10.2. The van der Waals surface area contributed by atoms with E-state index in [-0.39, 0.29) is 0 Å². The van der Waals surface area contributed by atoms with Crippen molar-refractivity contribution in [2.75, 3.05) is 0 Å². The second kappa shape index (κ2) is 5.86. The number of benzene rings is 1. The number of allylic oxidation sites excluding steroid dienone is 2. The van der Waals surface area contributed by atoms with Crippen molar-refractivity contribution in [1.29, 1.82) is 0 Å². The molecule has 0 amide bonds. The van der Waals surface area contributed by atoms with Gasteiger partial charge in [0.1, 0.15) is 11.5 Å². The predicted molar refractivity (Wildman–Crippen MR) is 57.3 cm³/mol. The van der Waals surface area contributed by atoms with Crippen LogP contribution < -0.4 is 9.47 Å². The molecule has 1 aromatic rings. The minimum Gasteiger partial charge on any atom is -0.465 e. The van der Waals surface area contributed by atoms with Crippen LogP contribution in [0, 0.1) is 0 Å². The fraction of sp³-hybridized carbons (Fsp3) is 0.167. The van der Waals surface area contributed by atoms with Crippen LogP contribution in [0.5, 0.6) is 11.5 Å². The number of hydrogen-bond donors (Lipinski definition) is 0. The van der Waals surface area contributed by atoms with Gasteiger partial charge in [-0.1, -0.05) is 12.2 Å². The van der Waals surface area contributed by atoms with Crippen LogP contribution in [-0.4, -0.2) is 0 Å². The van der Waals surface area contributed by atoms with Crippen LogP contribution in [0.1, 0.15) is 13.8 Å². The minimum atomic E-state index is 0.802. The molecule has 2 heteroatoms. The van der Waals surface area contributed by atoms with Crippen LogP contribution in [0.25, 0.3) is 0 Å². The molecule has 0 N–H and O–H groups in total. The van der Waals surface area contributed by atoms with Gasteiger partial charge in [0, 0.05) is 0 Å². The minimum absolute atomic E-state index is 0.802. The number of ether oxygens (including phenoxy) is 2. The standard InChI is InChI=1S/C12H14O2/c1-3-9-13-11-5-7-12(8-6-11)14-10-4-2/h3-10H,1-2H3/b9-3+,10-4+. The van der Waals surface area contributed by atoms with Gasteiger partial charge in [-0.05, 0) is 38.1 Å². The molecule has 0 atom stereocenters. The highest BCUT2D eigenvalue weighted by molar-refractivity contribution is 5.32. The van der Waals surface area contributed by atoms with Crippen LogP contribution >= 0.6 is 0 Å². The molecule has 1 rings (SSSR count). The highest BCUT2D eigenvalue weighted by Gasteiger charge is 1.92. The van der Waals surface area contributed by atoms with Crippen LogP contribution in [0.3, 0.4) is 0 Å². The molecular weight excluding hydrogens is 176 g/mol. The summed E-state index contributed by atoms with van der Waals surface area (Å²) < 4.78 is 10.5. The van der Waals surface area contributed by atoms with Gasteiger partial charge in [0.25, 0.3) is 0 Å². The molecule has 0 aromatic heterocycles. The SMILES string of the molecule is C/C=C/Oc1ccc(O/C=C/C)cc1. The maximum absolute atomic E-state index is 5.26. The topological polar surface area (TPSA) is 18.5 Å². The van der Waals surface area contributed by atoms with E-state index < -0.39 is 0 Å². The highest BCUT2D eigenvalue weighted by atomic mass is 16.5. The molecule has 0 radical (unpaired) electrons. The van der Waals surface area contributed by atoms with Crippen LogP contribution in [0.4, 0.5) is 0 Å². The summed E-state index contributed by atoms with van der Waals surface area (Å²) in [6, 6.07) is 7.44. The smallest absolute Gasteiger partial charge is 0.126 e. The van der Waals surface area contributed by atoms with Crippen molar-refractivity contribution in [3.63, 3.8) is 0 Å². The quantitative estimate of drug-likeness (QED) is 0.676. The fourth-order valence-corrected chi connectivity index (χ4v) is 0.890. The predicted octanol–water partition coefficient (Wildman–Crippen LogP) is 3.51. The maximum atomic E-state index is 5.26. The molecule has 0 saturated carbocycles. The fourth-order valence-electron chi connectivity index (χ4n) is 0.890. The summed E-state index contributed by atoms with van der Waals surface area (Å²) in [4.78, 5) is 0. The molecule has 0 aliphatic carbocycles. The van der Waals surface area contributed by atoms with Crippen molar-refractivity contribution in [1.82, 2.24) is 0 Å². The third-order valence-electron chi connectivity index (χ3n) is 1.50. The first-order valence-corrected chi connectivity index (χ1v) is 4.52. The van der Waals surface area contributed by atoms with Crippen molar-refractivity contribution in [2.45, 2.75) is 13.8 Å². The van der Waals surface area contributed by atoms with E-state index in [2.05, 4.69) is 0 Å². The third-order valence-corrected chi connectivity index (χ3v) is 1.50. The van der Waals surface area contributed by atoms with Crippen LogP contribution in [0.15, 0.2) is 48.9 Å². The number of hydrogen-bond acceptors (Lipinski definition) is 2. The van der Waals surface area contributed by atoms with Gasteiger partial charge in [0.2, 0.25) is 0 Å². The molecular formula is C12H14O2. The summed E-state index contributed by atoms with van der Waals surface area (Å²) >= 11 is 0. The molecule has 0 unspecified atom stereocenters. The lowest BCUT2D eigenvalue weighted by molar-refractivity contribution is 0.467. The zero-order valence-corrected chi connectivity index (χ0v) is 8.44. The van der Waals surface area contributed by atoms with E-state index in [1.165, 1.54) is 0 Å². The summed E-state index contributed by atoms with van der Waals surface area (Å²) in [5.41, 5.74) is 0. The van der Waals surface area contributed by atoms with E-state index in [0.717, 1.165) is 11.5 Å². The Bertz CT molecular complexity index is 277. The zero-order valence-electron chi connectivity index (χ0n) is 8.44. The first kappa shape index (κ1) is 10.4. The van der Waals surface area contributed by atoms with Gasteiger partial charge < -0.3 is 9.47 Å². The molecule has 0 heterocycles. The van der Waals surface area contributed by atoms with Crippen molar-refractivity contribution in [3.8, 4) is 11.5 Å². The second-order valence-corrected chi connectivity index (χ2v) is 2.65. The largest absolute Gasteiger partial charge is 0.465 e. The van der Waals surface area contributed by atoms with Crippen LogP contribution in [-0.2, 0) is 0 Å². The average Bonchev–Trinajstić information content (AvgIpc) is 2.25. The van der Waals surface area contributed by atoms with Crippen molar-refractivity contribution < 1.29 is 9.47 Å². The molecule has 0 fully saturated rings. The first-order valence-electron chi connectivity index (χ1n) is 4.52. The molecule has 0 aliphatic rings. The monoisotopic (exact) mass is 190 g/mol. The Kier molecular flexibility index (Phi) is 4.35. The molecule has 74 valence electrons. The Morgan fingerprint density at radius 3 is 1.43 bits per heavy atom. The molecule has 0 spiro atoms. The summed E-state index contributed by atoms with van der Waals surface area (Å²) in [6.07, 6.45) is 6.96. The van der Waals surface area contributed by atoms with Crippen molar-refractivity contribution in [2.24, 2.45) is 0 Å². The van der Waals surface area contributed by atoms with E-state index in [1.54, 1.807) is 12.5 Å². The van der Waals surface area contributed by atoms with Gasteiger partial charge in [0.15, 0.2) is 0 Å². The lowest BCUT2D eigenvalue weighted by Gasteiger charge is -2.02. The van der Waals surface area contributed by atoms with Gasteiger partial charge in [-0.15, -0.1) is 0 Å². The number of rotatable bonds is 4. The first-order chi connectivity index (χ1) is 6.86. The molecule has 0 bridgehead atoms. The van der Waals surface area contributed by atoms with E-state index in [4.69, 9.17) is 9.47 Å². The Hall–Kier alpha value is -1.70. The average molecular weight is 190 g/mol. The van der Waals surface area contributed by atoms with E-state index in [1.807, 2.05) is 50.3 Å². The van der Waals surface area contributed by atoms with E-state index in [9.17, 15) is 0 Å². The van der Waals surface area contributed by atoms with Gasteiger partial charge in [-0.25, -0.2) is 0 Å². The third kappa shape index (κ3) is 3.35. The van der Waals surface area contributed by atoms with Crippen LogP contribution in [0.2, 0.25) is 0 Å². The Morgan fingerprint density at radius 2 is 1.14 bits per heavy atom. The maximum Gasteiger partial charge on any atom is 0.126 e. The van der Waals surface area contributed by atoms with E-state index >= 15 is 0 Å². The lowest BCUT2D eigenvalue weighted by Crippen LogP contribution is -1.83. The van der Waals surface area contributed by atoms with E-state index in [0.29, 0.717) is 0 Å². The Labute approximate surface area is 84.5 Å². The van der Waals surface area contributed by atoms with Gasteiger partial charge in [0.05, 0.1) is 12.5 Å². The second-order valence-electron chi connectivity index (χ2n) is 2.65. The molecule has 1 aromatic carbocycles. The lowest BCUT2D eigenvalue weighted by atomic mass is 10.3. The van der Waals surface area contributed by atoms with Gasteiger partial charge >= 0.3 is 0 Å². The summed E-state index contributed by atoms with van der Waals surface area (Å²) in [5.74, 6) is 1.60. The summed E-state index contributed by atoms with van der Waals surface area (Å²) in [5, 5.41) is 0. The van der Waals surface area contributed by atoms with Gasteiger partial charge in [-0.2, -0.15) is 0 Å². The highest BCUT2D eigenvalue weighted by Crippen LogP contribution is 2.17.